The Hall–Kier alpha value is -2.69. The molecular weight excluding hydrogens is 434 g/mol. The number of para-hydroxylation sites is 1. The lowest BCUT2D eigenvalue weighted by molar-refractivity contribution is 0.587. The fourth-order valence-electron chi connectivity index (χ4n) is 3.54. The summed E-state index contributed by atoms with van der Waals surface area (Å²) in [6.45, 7) is 4.35. The smallest absolute Gasteiger partial charge is 0.267 e. The Kier molecular flexibility index (Phi) is 5.87. The fourth-order valence-corrected chi connectivity index (χ4v) is 4.93. The van der Waals surface area contributed by atoms with Crippen LogP contribution in [-0.2, 0) is 10.0 Å². The Morgan fingerprint density at radius 2 is 1.87 bits per heavy atom. The highest BCUT2D eigenvalue weighted by Crippen LogP contribution is 2.24. The van der Waals surface area contributed by atoms with E-state index in [1.54, 1.807) is 4.57 Å². The molecule has 0 aliphatic carbocycles. The SMILES string of the molecule is Cc1ccc(-n2c(=O)c3ccccc3n3c(SCCCNS(C)(=O)=O)nnc23)c(C)c1. The Labute approximate surface area is 184 Å². The van der Waals surface area contributed by atoms with Gasteiger partial charge in [-0.05, 0) is 44.0 Å². The lowest BCUT2D eigenvalue weighted by Crippen LogP contribution is -2.23. The number of sulfonamides is 1. The third kappa shape index (κ3) is 4.36. The van der Waals surface area contributed by atoms with E-state index in [9.17, 15) is 13.2 Å². The van der Waals surface area contributed by atoms with Gasteiger partial charge in [-0.1, -0.05) is 41.6 Å². The molecule has 2 heterocycles. The Balaban J connectivity index is 1.81. The van der Waals surface area contributed by atoms with E-state index in [1.165, 1.54) is 11.8 Å². The third-order valence-corrected chi connectivity index (χ3v) is 6.65. The van der Waals surface area contributed by atoms with Crippen LogP contribution in [0, 0.1) is 13.8 Å². The summed E-state index contributed by atoms with van der Waals surface area (Å²) < 4.78 is 28.4. The number of aryl methyl sites for hydroxylation is 2. The normalized spacial score (nSPS) is 12.1. The van der Waals surface area contributed by atoms with Crippen LogP contribution < -0.4 is 10.3 Å². The lowest BCUT2D eigenvalue weighted by atomic mass is 10.1. The Morgan fingerprint density at radius 1 is 1.10 bits per heavy atom. The van der Waals surface area contributed by atoms with E-state index in [0.29, 0.717) is 35.0 Å². The van der Waals surface area contributed by atoms with Crippen molar-refractivity contribution in [2.75, 3.05) is 18.6 Å². The molecule has 0 atom stereocenters. The molecule has 1 N–H and O–H groups in total. The van der Waals surface area contributed by atoms with Gasteiger partial charge in [0.15, 0.2) is 5.16 Å². The van der Waals surface area contributed by atoms with Crippen molar-refractivity contribution < 1.29 is 8.42 Å². The molecule has 0 saturated heterocycles. The first-order chi connectivity index (χ1) is 14.8. The minimum Gasteiger partial charge on any atom is -0.268 e. The summed E-state index contributed by atoms with van der Waals surface area (Å²) in [4.78, 5) is 13.4. The van der Waals surface area contributed by atoms with Gasteiger partial charge in [0.2, 0.25) is 15.8 Å². The quantitative estimate of drug-likeness (QED) is 0.338. The lowest BCUT2D eigenvalue weighted by Gasteiger charge is -2.13. The van der Waals surface area contributed by atoms with Gasteiger partial charge in [-0.15, -0.1) is 10.2 Å². The van der Waals surface area contributed by atoms with Crippen LogP contribution in [-0.4, -0.2) is 46.1 Å². The summed E-state index contributed by atoms with van der Waals surface area (Å²) in [6, 6.07) is 13.4. The maximum Gasteiger partial charge on any atom is 0.267 e. The van der Waals surface area contributed by atoms with Crippen molar-refractivity contribution in [2.24, 2.45) is 0 Å². The van der Waals surface area contributed by atoms with Crippen molar-refractivity contribution in [3.05, 3.63) is 63.9 Å². The Morgan fingerprint density at radius 3 is 2.61 bits per heavy atom. The van der Waals surface area contributed by atoms with Gasteiger partial charge in [-0.3, -0.25) is 9.20 Å². The molecule has 0 aliphatic heterocycles. The van der Waals surface area contributed by atoms with E-state index < -0.39 is 10.0 Å². The molecule has 2 aromatic carbocycles. The number of aromatic nitrogens is 4. The minimum atomic E-state index is -3.20. The van der Waals surface area contributed by atoms with Gasteiger partial charge >= 0.3 is 0 Å². The molecular formula is C21H23N5O3S2. The van der Waals surface area contributed by atoms with Crippen LogP contribution in [0.25, 0.3) is 22.4 Å². The predicted octanol–water partition coefficient (Wildman–Crippen LogP) is 2.68. The van der Waals surface area contributed by atoms with Crippen LogP contribution in [0.3, 0.4) is 0 Å². The van der Waals surface area contributed by atoms with E-state index in [2.05, 4.69) is 14.9 Å². The van der Waals surface area contributed by atoms with Crippen LogP contribution in [0.1, 0.15) is 17.5 Å². The monoisotopic (exact) mass is 457 g/mol. The molecule has 4 rings (SSSR count). The third-order valence-electron chi connectivity index (χ3n) is 4.90. The van der Waals surface area contributed by atoms with Gasteiger partial charge in [0.05, 0.1) is 22.8 Å². The summed E-state index contributed by atoms with van der Waals surface area (Å²) in [5.41, 5.74) is 3.46. The summed E-state index contributed by atoms with van der Waals surface area (Å²) in [6.07, 6.45) is 1.78. The highest BCUT2D eigenvalue weighted by atomic mass is 32.2. The molecule has 4 aromatic rings. The fraction of sp³-hybridized carbons (Fsp3) is 0.286. The van der Waals surface area contributed by atoms with Gasteiger partial charge in [0.1, 0.15) is 0 Å². The van der Waals surface area contributed by atoms with E-state index in [1.807, 2.05) is 60.7 Å². The number of benzene rings is 2. The second kappa shape index (κ2) is 8.45. The molecule has 31 heavy (non-hydrogen) atoms. The zero-order valence-corrected chi connectivity index (χ0v) is 19.1. The number of hydrogen-bond donors (Lipinski definition) is 1. The molecule has 10 heteroatoms. The molecule has 0 unspecified atom stereocenters. The number of fused-ring (bicyclic) bond motifs is 3. The summed E-state index contributed by atoms with van der Waals surface area (Å²) in [5.74, 6) is 1.10. The van der Waals surface area contributed by atoms with Gasteiger partial charge in [0.25, 0.3) is 5.56 Å². The van der Waals surface area contributed by atoms with Crippen molar-refractivity contribution >= 4 is 38.5 Å². The van der Waals surface area contributed by atoms with Crippen LogP contribution in [0.2, 0.25) is 0 Å². The highest BCUT2D eigenvalue weighted by Gasteiger charge is 2.18. The van der Waals surface area contributed by atoms with Gasteiger partial charge in [-0.25, -0.2) is 17.7 Å². The first kappa shape index (κ1) is 21.5. The van der Waals surface area contributed by atoms with E-state index in [4.69, 9.17) is 0 Å². The highest BCUT2D eigenvalue weighted by molar-refractivity contribution is 7.99. The molecule has 162 valence electrons. The van der Waals surface area contributed by atoms with Crippen LogP contribution in [0.4, 0.5) is 0 Å². The zero-order valence-electron chi connectivity index (χ0n) is 17.5. The summed E-state index contributed by atoms with van der Waals surface area (Å²) in [5, 5.41) is 9.93. The molecule has 0 saturated carbocycles. The molecule has 2 aromatic heterocycles. The number of rotatable bonds is 7. The van der Waals surface area contributed by atoms with Crippen molar-refractivity contribution in [3.63, 3.8) is 0 Å². The van der Waals surface area contributed by atoms with Gasteiger partial charge < -0.3 is 0 Å². The van der Waals surface area contributed by atoms with Crippen molar-refractivity contribution in [3.8, 4) is 5.69 Å². The van der Waals surface area contributed by atoms with E-state index in [0.717, 1.165) is 28.6 Å². The molecule has 0 amide bonds. The summed E-state index contributed by atoms with van der Waals surface area (Å²) in [7, 11) is -3.20. The zero-order chi connectivity index (χ0) is 22.2. The molecule has 0 fully saturated rings. The molecule has 8 nitrogen and oxygen atoms in total. The average Bonchev–Trinajstić information content (AvgIpc) is 3.12. The van der Waals surface area contributed by atoms with Crippen LogP contribution in [0.15, 0.2) is 52.4 Å². The summed E-state index contributed by atoms with van der Waals surface area (Å²) >= 11 is 1.48. The van der Waals surface area contributed by atoms with Gasteiger partial charge in [0, 0.05) is 12.3 Å². The van der Waals surface area contributed by atoms with Crippen molar-refractivity contribution in [2.45, 2.75) is 25.4 Å². The number of nitrogens with one attached hydrogen (secondary N) is 1. The predicted molar refractivity (Wildman–Crippen MR) is 124 cm³/mol. The van der Waals surface area contributed by atoms with Crippen LogP contribution >= 0.6 is 11.8 Å². The first-order valence-corrected chi connectivity index (χ1v) is 12.7. The number of thioether (sulfide) groups is 1. The standard InChI is InChI=1S/C21H23N5O3S2/c1-14-9-10-17(15(2)13-14)25-19(27)16-7-4-5-8-18(16)26-20(25)23-24-21(26)30-12-6-11-22-31(3,28)29/h4-5,7-10,13,22H,6,11-12H2,1-3H3. The second-order valence-corrected chi connectivity index (χ2v) is 10.3. The minimum absolute atomic E-state index is 0.142. The van der Waals surface area contributed by atoms with E-state index >= 15 is 0 Å². The molecule has 0 bridgehead atoms. The molecule has 0 aliphatic rings. The maximum atomic E-state index is 13.4. The molecule has 0 spiro atoms. The van der Waals surface area contributed by atoms with Crippen molar-refractivity contribution in [1.82, 2.24) is 23.9 Å². The largest absolute Gasteiger partial charge is 0.268 e. The topological polar surface area (TPSA) is 98.4 Å². The molecule has 0 radical (unpaired) electrons. The average molecular weight is 458 g/mol. The second-order valence-electron chi connectivity index (χ2n) is 7.43. The Bertz CT molecular complexity index is 1440. The maximum absolute atomic E-state index is 13.4. The first-order valence-electron chi connectivity index (χ1n) is 9.80. The van der Waals surface area contributed by atoms with E-state index in [-0.39, 0.29) is 5.56 Å². The van der Waals surface area contributed by atoms with Crippen LogP contribution in [0.5, 0.6) is 0 Å². The van der Waals surface area contributed by atoms with Gasteiger partial charge in [-0.2, -0.15) is 0 Å². The number of nitrogens with zero attached hydrogens (tertiary/aromatic N) is 4. The number of hydrogen-bond acceptors (Lipinski definition) is 6. The van der Waals surface area contributed by atoms with Crippen molar-refractivity contribution in [1.29, 1.82) is 0 Å².